The molecule has 1 saturated carbocycles. The molecule has 3 aliphatic rings. The summed E-state index contributed by atoms with van der Waals surface area (Å²) in [5.41, 5.74) is 6.62. The van der Waals surface area contributed by atoms with Gasteiger partial charge in [-0.15, -0.1) is 0 Å². The van der Waals surface area contributed by atoms with Gasteiger partial charge in [-0.25, -0.2) is 0 Å². The lowest BCUT2D eigenvalue weighted by atomic mass is 9.67. The molecule has 2 aromatic carbocycles. The second-order valence-corrected chi connectivity index (χ2v) is 8.01. The van der Waals surface area contributed by atoms with Crippen LogP contribution >= 0.6 is 0 Å². The molecule has 0 atom stereocenters. The number of allylic oxidation sites excluding steroid dienone is 3. The van der Waals surface area contributed by atoms with E-state index in [-0.39, 0.29) is 5.41 Å². The third kappa shape index (κ3) is 2.65. The van der Waals surface area contributed by atoms with E-state index in [2.05, 4.69) is 78.0 Å². The summed E-state index contributed by atoms with van der Waals surface area (Å²) in [5, 5.41) is 13.3. The van der Waals surface area contributed by atoms with Gasteiger partial charge in [0, 0.05) is 16.9 Å². The van der Waals surface area contributed by atoms with Crippen molar-refractivity contribution in [2.24, 2.45) is 16.1 Å². The number of hydrogen-bond donors (Lipinski definition) is 1. The van der Waals surface area contributed by atoms with Crippen LogP contribution in [-0.4, -0.2) is 23.2 Å². The number of nitrogens with zero attached hydrogens (tertiary/aromatic N) is 2. The quantitative estimate of drug-likeness (QED) is 0.443. The minimum atomic E-state index is -0.181. The molecule has 0 aromatic heterocycles. The van der Waals surface area contributed by atoms with Gasteiger partial charge in [0.15, 0.2) is 0 Å². The summed E-state index contributed by atoms with van der Waals surface area (Å²) in [7, 11) is 0. The first-order chi connectivity index (χ1) is 13.8. The summed E-state index contributed by atoms with van der Waals surface area (Å²) in [5.74, 6) is 0.360. The predicted octanol–water partition coefficient (Wildman–Crippen LogP) is 5.31. The molecule has 0 radical (unpaired) electrons. The Balaban J connectivity index is 1.55. The highest BCUT2D eigenvalue weighted by molar-refractivity contribution is 6.50. The molecule has 2 aliphatic carbocycles. The first-order valence-electron chi connectivity index (χ1n) is 10.1. The fourth-order valence-electron chi connectivity index (χ4n) is 4.74. The molecule has 1 aliphatic heterocycles. The Hall–Kier alpha value is -2.94. The zero-order valence-corrected chi connectivity index (χ0v) is 15.9. The largest absolute Gasteiger partial charge is 0.411 e. The molecule has 1 heterocycles. The number of rotatable bonds is 4. The predicted molar refractivity (Wildman–Crippen MR) is 113 cm³/mol. The maximum Gasteiger partial charge on any atom is 0.108 e. The van der Waals surface area contributed by atoms with Crippen molar-refractivity contribution >= 4 is 11.4 Å². The Bertz CT molecular complexity index is 956. The third-order valence-corrected chi connectivity index (χ3v) is 6.51. The van der Waals surface area contributed by atoms with Crippen LogP contribution in [0.2, 0.25) is 0 Å². The first-order valence-corrected chi connectivity index (χ1v) is 10.1. The van der Waals surface area contributed by atoms with E-state index in [9.17, 15) is 5.21 Å². The molecule has 5 rings (SSSR count). The van der Waals surface area contributed by atoms with Crippen molar-refractivity contribution in [2.45, 2.75) is 31.1 Å². The van der Waals surface area contributed by atoms with Gasteiger partial charge in [-0.2, -0.15) is 0 Å². The molecular weight excluding hydrogens is 344 g/mol. The third-order valence-electron chi connectivity index (χ3n) is 6.51. The summed E-state index contributed by atoms with van der Waals surface area (Å²) < 4.78 is 0. The van der Waals surface area contributed by atoms with Gasteiger partial charge in [-0.05, 0) is 36.0 Å². The highest BCUT2D eigenvalue weighted by Gasteiger charge is 2.39. The van der Waals surface area contributed by atoms with E-state index in [0.29, 0.717) is 12.5 Å². The molecule has 0 unspecified atom stereocenters. The Morgan fingerprint density at radius 3 is 2.14 bits per heavy atom. The lowest BCUT2D eigenvalue weighted by Gasteiger charge is -2.36. The maximum absolute atomic E-state index is 9.63. The van der Waals surface area contributed by atoms with Crippen LogP contribution in [0.3, 0.4) is 0 Å². The molecule has 1 fully saturated rings. The number of aliphatic imine (C=N–C) groups is 1. The molecule has 28 heavy (non-hydrogen) atoms. The standard InChI is InChI=1S/C25H24N2O/c28-27-23(18-8-7-9-18)24-22-14-15-25(16-19(22)17-26-24,20-10-3-1-4-11-20)21-12-5-2-6-13-21/h1-6,10-15,18,28H,7-9,16-17H2. The van der Waals surface area contributed by atoms with Crippen molar-refractivity contribution in [1.29, 1.82) is 0 Å². The van der Waals surface area contributed by atoms with Crippen LogP contribution in [0.4, 0.5) is 0 Å². The van der Waals surface area contributed by atoms with Crippen molar-refractivity contribution < 1.29 is 5.21 Å². The van der Waals surface area contributed by atoms with Gasteiger partial charge in [0.1, 0.15) is 5.71 Å². The SMILES string of the molecule is ON=C(C1=NCC2=C1C=CC(c1ccccc1)(c1ccccc1)C2)C1CCC1. The van der Waals surface area contributed by atoms with E-state index in [4.69, 9.17) is 4.99 Å². The van der Waals surface area contributed by atoms with Crippen LogP contribution in [0.5, 0.6) is 0 Å². The number of hydrogen-bond acceptors (Lipinski definition) is 3. The normalized spacial score (nSPS) is 21.3. The van der Waals surface area contributed by atoms with Gasteiger partial charge in [-0.1, -0.05) is 84.4 Å². The van der Waals surface area contributed by atoms with E-state index in [1.54, 1.807) is 0 Å². The van der Waals surface area contributed by atoms with Crippen molar-refractivity contribution in [3.05, 3.63) is 95.1 Å². The lowest BCUT2D eigenvalue weighted by molar-refractivity contribution is 0.307. The highest BCUT2D eigenvalue weighted by Crippen LogP contribution is 2.45. The fraction of sp³-hybridized carbons (Fsp3) is 0.280. The average Bonchev–Trinajstić information content (AvgIpc) is 3.14. The van der Waals surface area contributed by atoms with Crippen LogP contribution in [0.25, 0.3) is 0 Å². The van der Waals surface area contributed by atoms with Crippen LogP contribution < -0.4 is 0 Å². The van der Waals surface area contributed by atoms with Crippen molar-refractivity contribution in [3.63, 3.8) is 0 Å². The summed E-state index contributed by atoms with van der Waals surface area (Å²) >= 11 is 0. The minimum Gasteiger partial charge on any atom is -0.411 e. The van der Waals surface area contributed by atoms with E-state index >= 15 is 0 Å². The Morgan fingerprint density at radius 2 is 1.61 bits per heavy atom. The van der Waals surface area contributed by atoms with Gasteiger partial charge in [0.05, 0.1) is 12.3 Å². The van der Waals surface area contributed by atoms with Crippen LogP contribution in [-0.2, 0) is 5.41 Å². The van der Waals surface area contributed by atoms with Crippen molar-refractivity contribution in [3.8, 4) is 0 Å². The fourth-order valence-corrected chi connectivity index (χ4v) is 4.74. The van der Waals surface area contributed by atoms with Crippen LogP contribution in [0, 0.1) is 5.92 Å². The zero-order valence-electron chi connectivity index (χ0n) is 15.9. The molecule has 3 nitrogen and oxygen atoms in total. The van der Waals surface area contributed by atoms with Gasteiger partial charge in [0.25, 0.3) is 0 Å². The van der Waals surface area contributed by atoms with Gasteiger partial charge < -0.3 is 5.21 Å². The van der Waals surface area contributed by atoms with E-state index in [0.717, 1.165) is 30.7 Å². The van der Waals surface area contributed by atoms with Crippen LogP contribution in [0.1, 0.15) is 36.8 Å². The molecule has 0 spiro atoms. The zero-order chi connectivity index (χ0) is 19.0. The average molecular weight is 368 g/mol. The topological polar surface area (TPSA) is 45.0 Å². The Labute approximate surface area is 165 Å². The number of benzene rings is 2. The van der Waals surface area contributed by atoms with Gasteiger partial charge >= 0.3 is 0 Å². The monoisotopic (exact) mass is 368 g/mol. The Kier molecular flexibility index (Phi) is 4.23. The summed E-state index contributed by atoms with van der Waals surface area (Å²) in [6.45, 7) is 0.697. The molecule has 1 N–H and O–H groups in total. The Morgan fingerprint density at radius 1 is 0.964 bits per heavy atom. The summed E-state index contributed by atoms with van der Waals surface area (Å²) in [6.07, 6.45) is 8.86. The molecule has 0 saturated heterocycles. The molecule has 0 amide bonds. The second-order valence-electron chi connectivity index (χ2n) is 8.01. The molecule has 3 heteroatoms. The maximum atomic E-state index is 9.63. The smallest absolute Gasteiger partial charge is 0.108 e. The highest BCUT2D eigenvalue weighted by atomic mass is 16.4. The molecular formula is C25H24N2O. The van der Waals surface area contributed by atoms with E-state index in [1.807, 2.05) is 0 Å². The van der Waals surface area contributed by atoms with Gasteiger partial charge in [0.2, 0.25) is 0 Å². The molecule has 140 valence electrons. The second kappa shape index (κ2) is 6.90. The van der Waals surface area contributed by atoms with Crippen molar-refractivity contribution in [2.75, 3.05) is 6.54 Å². The minimum absolute atomic E-state index is 0.181. The van der Waals surface area contributed by atoms with Crippen LogP contribution in [0.15, 0.2) is 94.1 Å². The van der Waals surface area contributed by atoms with Crippen molar-refractivity contribution in [1.82, 2.24) is 0 Å². The number of oxime groups is 1. The van der Waals surface area contributed by atoms with E-state index in [1.165, 1.54) is 28.7 Å². The van der Waals surface area contributed by atoms with E-state index < -0.39 is 0 Å². The van der Waals surface area contributed by atoms with Gasteiger partial charge in [-0.3, -0.25) is 4.99 Å². The summed E-state index contributed by atoms with van der Waals surface area (Å²) in [4.78, 5) is 4.81. The summed E-state index contributed by atoms with van der Waals surface area (Å²) in [6, 6.07) is 21.5. The lowest BCUT2D eigenvalue weighted by Crippen LogP contribution is -2.32. The molecule has 2 aromatic rings. The first kappa shape index (κ1) is 17.2. The molecule has 0 bridgehead atoms.